The second-order valence-electron chi connectivity index (χ2n) is 4.66. The first-order valence-electron chi connectivity index (χ1n) is 6.25. The molecule has 0 aliphatic heterocycles. The minimum Gasteiger partial charge on any atom is -0.469 e. The zero-order valence-corrected chi connectivity index (χ0v) is 11.0. The summed E-state index contributed by atoms with van der Waals surface area (Å²) in [6.07, 6.45) is 4.20. The van der Waals surface area contributed by atoms with Crippen LogP contribution in [-0.4, -0.2) is 31.9 Å². The van der Waals surface area contributed by atoms with Gasteiger partial charge in [0.2, 0.25) is 0 Å². The molecule has 0 amide bonds. The Hall–Kier alpha value is -1.39. The van der Waals surface area contributed by atoms with E-state index in [1.54, 1.807) is 0 Å². The van der Waals surface area contributed by atoms with Crippen LogP contribution in [0.15, 0.2) is 0 Å². The van der Waals surface area contributed by atoms with Gasteiger partial charge >= 0.3 is 11.9 Å². The highest BCUT2D eigenvalue weighted by atomic mass is 16.5. The first-order chi connectivity index (χ1) is 8.56. The molecule has 1 aliphatic rings. The van der Waals surface area contributed by atoms with E-state index in [0.29, 0.717) is 12.8 Å². The highest BCUT2D eigenvalue weighted by Gasteiger charge is 2.46. The second kappa shape index (κ2) is 6.52. The number of hydrogen-bond acceptors (Lipinski definition) is 5. The van der Waals surface area contributed by atoms with Gasteiger partial charge in [-0.25, -0.2) is 0 Å². The Balaban J connectivity index is 2.91. The van der Waals surface area contributed by atoms with Crippen molar-refractivity contribution in [2.24, 2.45) is 5.41 Å². The predicted molar refractivity (Wildman–Crippen MR) is 63.8 cm³/mol. The van der Waals surface area contributed by atoms with Gasteiger partial charge in [0.25, 0.3) is 0 Å². The van der Waals surface area contributed by atoms with E-state index in [2.05, 4.69) is 4.74 Å². The Kier molecular flexibility index (Phi) is 5.31. The summed E-state index contributed by atoms with van der Waals surface area (Å²) >= 11 is 0. The molecule has 1 saturated carbocycles. The summed E-state index contributed by atoms with van der Waals surface area (Å²) in [5, 5.41) is 0. The molecule has 0 N–H and O–H groups in total. The second-order valence-corrected chi connectivity index (χ2v) is 4.66. The lowest BCUT2D eigenvalue weighted by atomic mass is 9.75. The number of esters is 2. The third-order valence-electron chi connectivity index (χ3n) is 3.60. The molecule has 1 fully saturated rings. The summed E-state index contributed by atoms with van der Waals surface area (Å²) in [7, 11) is 2.51. The lowest BCUT2D eigenvalue weighted by molar-refractivity contribution is -0.160. The molecule has 0 aromatic rings. The Morgan fingerprint density at radius 1 is 0.944 bits per heavy atom. The molecule has 18 heavy (non-hydrogen) atoms. The lowest BCUT2D eigenvalue weighted by Crippen LogP contribution is -2.41. The molecule has 0 bridgehead atoms. The third-order valence-corrected chi connectivity index (χ3v) is 3.60. The van der Waals surface area contributed by atoms with Gasteiger partial charge in [-0.05, 0) is 12.8 Å². The number of rotatable bonds is 4. The minimum absolute atomic E-state index is 0.356. The number of carbonyl (C=O) groups is 3. The fraction of sp³-hybridized carbons (Fsp3) is 0.769. The fourth-order valence-electron chi connectivity index (χ4n) is 2.50. The molecule has 0 spiro atoms. The van der Waals surface area contributed by atoms with E-state index in [9.17, 15) is 14.4 Å². The maximum atomic E-state index is 12.2. The zero-order chi connectivity index (χ0) is 13.6. The fourth-order valence-corrected chi connectivity index (χ4v) is 2.50. The van der Waals surface area contributed by atoms with Crippen LogP contribution in [0, 0.1) is 5.41 Å². The van der Waals surface area contributed by atoms with Crippen molar-refractivity contribution < 1.29 is 23.9 Å². The molecule has 0 radical (unpaired) electrons. The van der Waals surface area contributed by atoms with Crippen molar-refractivity contribution in [1.29, 1.82) is 0 Å². The van der Waals surface area contributed by atoms with Crippen molar-refractivity contribution in [1.82, 2.24) is 0 Å². The monoisotopic (exact) mass is 256 g/mol. The van der Waals surface area contributed by atoms with Crippen molar-refractivity contribution in [2.45, 2.75) is 44.9 Å². The number of hydrogen-bond donors (Lipinski definition) is 0. The van der Waals surface area contributed by atoms with Crippen LogP contribution in [0.3, 0.4) is 0 Å². The van der Waals surface area contributed by atoms with Gasteiger partial charge in [-0.15, -0.1) is 0 Å². The van der Waals surface area contributed by atoms with Gasteiger partial charge in [0.05, 0.1) is 14.2 Å². The molecule has 0 heterocycles. The van der Waals surface area contributed by atoms with Crippen LogP contribution in [0.5, 0.6) is 0 Å². The van der Waals surface area contributed by atoms with Crippen LogP contribution in [-0.2, 0) is 23.9 Å². The summed E-state index contributed by atoms with van der Waals surface area (Å²) in [6, 6.07) is 0. The summed E-state index contributed by atoms with van der Waals surface area (Å²) in [5.41, 5.74) is -1.14. The van der Waals surface area contributed by atoms with Crippen molar-refractivity contribution in [3.05, 3.63) is 0 Å². The summed E-state index contributed by atoms with van der Waals surface area (Å²) in [5.74, 6) is -1.49. The molecular weight excluding hydrogens is 236 g/mol. The van der Waals surface area contributed by atoms with Gasteiger partial charge in [0.15, 0.2) is 5.78 Å². The van der Waals surface area contributed by atoms with Crippen LogP contribution < -0.4 is 0 Å². The van der Waals surface area contributed by atoms with Crippen LogP contribution in [0.2, 0.25) is 0 Å². The zero-order valence-electron chi connectivity index (χ0n) is 11.0. The Bertz CT molecular complexity index is 326. The topological polar surface area (TPSA) is 69.7 Å². The highest BCUT2D eigenvalue weighted by molar-refractivity contribution is 6.09. The smallest absolute Gasteiger partial charge is 0.319 e. The molecule has 0 aromatic heterocycles. The predicted octanol–water partition coefficient (Wildman–Crippen LogP) is 1.63. The first kappa shape index (κ1) is 14.7. The summed E-state index contributed by atoms with van der Waals surface area (Å²) < 4.78 is 9.26. The molecule has 0 unspecified atom stereocenters. The highest BCUT2D eigenvalue weighted by Crippen LogP contribution is 2.38. The molecule has 0 saturated heterocycles. The summed E-state index contributed by atoms with van der Waals surface area (Å²) in [6.45, 7) is 0. The maximum Gasteiger partial charge on any atom is 0.319 e. The van der Waals surface area contributed by atoms with Crippen LogP contribution in [0.4, 0.5) is 0 Å². The molecule has 1 aliphatic carbocycles. The van der Waals surface area contributed by atoms with Crippen LogP contribution in [0.25, 0.3) is 0 Å². The quantitative estimate of drug-likeness (QED) is 0.434. The average molecular weight is 256 g/mol. The maximum absolute atomic E-state index is 12.2. The van der Waals surface area contributed by atoms with Gasteiger partial charge in [-0.1, -0.05) is 25.7 Å². The third kappa shape index (κ3) is 3.09. The molecule has 0 atom stereocenters. The largest absolute Gasteiger partial charge is 0.469 e. The SMILES string of the molecule is COC(=O)CC(=O)C1(C(=O)OC)CCCCCC1. The molecule has 5 nitrogen and oxygen atoms in total. The van der Waals surface area contributed by atoms with Crippen molar-refractivity contribution >= 4 is 17.7 Å². The number of ketones is 1. The van der Waals surface area contributed by atoms with E-state index in [0.717, 1.165) is 25.7 Å². The minimum atomic E-state index is -1.14. The van der Waals surface area contributed by atoms with E-state index < -0.39 is 17.4 Å². The molecular formula is C13H20O5. The standard InChI is InChI=1S/C13H20O5/c1-17-11(15)9-10(14)13(12(16)18-2)7-5-3-4-6-8-13/h3-9H2,1-2H3. The van der Waals surface area contributed by atoms with E-state index in [1.165, 1.54) is 14.2 Å². The molecule has 5 heteroatoms. The van der Waals surface area contributed by atoms with E-state index >= 15 is 0 Å². The van der Waals surface area contributed by atoms with E-state index in [1.807, 2.05) is 0 Å². The Morgan fingerprint density at radius 3 is 1.94 bits per heavy atom. The van der Waals surface area contributed by atoms with Crippen LogP contribution in [0.1, 0.15) is 44.9 Å². The number of carbonyl (C=O) groups excluding carboxylic acids is 3. The molecule has 0 aromatic carbocycles. The van der Waals surface area contributed by atoms with Crippen LogP contribution >= 0.6 is 0 Å². The van der Waals surface area contributed by atoms with Gasteiger partial charge in [0, 0.05) is 0 Å². The van der Waals surface area contributed by atoms with Crippen molar-refractivity contribution in [3.8, 4) is 0 Å². The number of Topliss-reactive ketones (excluding diaryl/α,β-unsaturated/α-hetero) is 1. The lowest BCUT2D eigenvalue weighted by Gasteiger charge is -2.27. The first-order valence-corrected chi connectivity index (χ1v) is 6.25. The Labute approximate surface area is 107 Å². The molecule has 1 rings (SSSR count). The number of methoxy groups -OCH3 is 2. The Morgan fingerprint density at radius 2 is 1.50 bits per heavy atom. The van der Waals surface area contributed by atoms with Gasteiger partial charge in [0.1, 0.15) is 11.8 Å². The van der Waals surface area contributed by atoms with Gasteiger partial charge in [-0.2, -0.15) is 0 Å². The normalized spacial score (nSPS) is 18.6. The molecule has 102 valence electrons. The van der Waals surface area contributed by atoms with Crippen molar-refractivity contribution in [2.75, 3.05) is 14.2 Å². The van der Waals surface area contributed by atoms with Gasteiger partial charge < -0.3 is 9.47 Å². The van der Waals surface area contributed by atoms with Gasteiger partial charge in [-0.3, -0.25) is 14.4 Å². The summed E-state index contributed by atoms with van der Waals surface area (Å²) in [4.78, 5) is 35.4. The van der Waals surface area contributed by atoms with E-state index in [4.69, 9.17) is 4.74 Å². The van der Waals surface area contributed by atoms with E-state index in [-0.39, 0.29) is 12.2 Å². The van der Waals surface area contributed by atoms with Crippen molar-refractivity contribution in [3.63, 3.8) is 0 Å². The number of ether oxygens (including phenoxy) is 2. The average Bonchev–Trinajstić information content (AvgIpc) is 2.64.